The standard InChI is InChI=1S/C18H26N2/c1-15(11-17-7-4-3-5-8-17)12-20-14-18-9-6-10-19(18)13-16(20)2/h3-5,7-8,11,16,18H,6,9-10,12-14H2,1-2H3/t16-,18?/m1/s1. The van der Waals surface area contributed by atoms with E-state index < -0.39 is 0 Å². The van der Waals surface area contributed by atoms with E-state index in [9.17, 15) is 0 Å². The number of nitrogens with zero attached hydrogens (tertiary/aromatic N) is 2. The second kappa shape index (κ2) is 6.11. The molecule has 0 aromatic heterocycles. The second-order valence-corrected chi connectivity index (χ2v) is 6.47. The minimum Gasteiger partial charge on any atom is -0.298 e. The molecule has 2 heterocycles. The van der Waals surface area contributed by atoms with Gasteiger partial charge in [-0.2, -0.15) is 0 Å². The molecule has 1 unspecified atom stereocenters. The first kappa shape index (κ1) is 13.8. The van der Waals surface area contributed by atoms with Crippen molar-refractivity contribution in [2.45, 2.75) is 38.8 Å². The average molecular weight is 270 g/mol. The maximum atomic E-state index is 2.69. The van der Waals surface area contributed by atoms with E-state index in [0.29, 0.717) is 6.04 Å². The zero-order valence-electron chi connectivity index (χ0n) is 12.8. The third-order valence-electron chi connectivity index (χ3n) is 4.73. The van der Waals surface area contributed by atoms with Crippen LogP contribution in [0.15, 0.2) is 35.9 Å². The number of hydrogen-bond acceptors (Lipinski definition) is 2. The molecule has 108 valence electrons. The highest BCUT2D eigenvalue weighted by atomic mass is 15.3. The Morgan fingerprint density at radius 1 is 1.25 bits per heavy atom. The molecule has 3 rings (SSSR count). The van der Waals surface area contributed by atoms with Crippen molar-refractivity contribution in [2.24, 2.45) is 0 Å². The summed E-state index contributed by atoms with van der Waals surface area (Å²) < 4.78 is 0. The van der Waals surface area contributed by atoms with Crippen LogP contribution in [0.5, 0.6) is 0 Å². The highest BCUT2D eigenvalue weighted by Gasteiger charge is 2.33. The van der Waals surface area contributed by atoms with Gasteiger partial charge in [-0.05, 0) is 38.8 Å². The highest BCUT2D eigenvalue weighted by Crippen LogP contribution is 2.25. The van der Waals surface area contributed by atoms with E-state index in [1.54, 1.807) is 0 Å². The summed E-state index contributed by atoms with van der Waals surface area (Å²) in [4.78, 5) is 5.36. The minimum absolute atomic E-state index is 0.684. The fraction of sp³-hybridized carbons (Fsp3) is 0.556. The molecule has 0 saturated carbocycles. The van der Waals surface area contributed by atoms with Crippen LogP contribution < -0.4 is 0 Å². The Kier molecular flexibility index (Phi) is 4.23. The van der Waals surface area contributed by atoms with Gasteiger partial charge in [0.25, 0.3) is 0 Å². The lowest BCUT2D eigenvalue weighted by atomic mass is 10.1. The third-order valence-corrected chi connectivity index (χ3v) is 4.73. The molecule has 2 heteroatoms. The molecular formula is C18H26N2. The highest BCUT2D eigenvalue weighted by molar-refractivity contribution is 5.52. The van der Waals surface area contributed by atoms with Gasteiger partial charge in [0.15, 0.2) is 0 Å². The lowest BCUT2D eigenvalue weighted by molar-refractivity contribution is 0.0668. The van der Waals surface area contributed by atoms with Gasteiger partial charge in [-0.15, -0.1) is 0 Å². The molecule has 2 saturated heterocycles. The maximum Gasteiger partial charge on any atom is 0.0224 e. The van der Waals surface area contributed by atoms with E-state index in [0.717, 1.165) is 12.6 Å². The summed E-state index contributed by atoms with van der Waals surface area (Å²) in [6, 6.07) is 12.2. The third kappa shape index (κ3) is 3.13. The Morgan fingerprint density at radius 2 is 2.05 bits per heavy atom. The number of hydrogen-bond donors (Lipinski definition) is 0. The van der Waals surface area contributed by atoms with Crippen LogP contribution >= 0.6 is 0 Å². The van der Waals surface area contributed by atoms with Gasteiger partial charge in [0.2, 0.25) is 0 Å². The molecule has 0 spiro atoms. The van der Waals surface area contributed by atoms with Gasteiger partial charge in [0.1, 0.15) is 0 Å². The Labute approximate surface area is 123 Å². The van der Waals surface area contributed by atoms with E-state index in [1.165, 1.54) is 43.6 Å². The van der Waals surface area contributed by atoms with Crippen LogP contribution in [0.3, 0.4) is 0 Å². The molecule has 1 aromatic rings. The Hall–Kier alpha value is -1.12. The van der Waals surface area contributed by atoms with Gasteiger partial charge in [0.05, 0.1) is 0 Å². The van der Waals surface area contributed by atoms with Gasteiger partial charge < -0.3 is 0 Å². The number of rotatable bonds is 3. The number of benzene rings is 1. The average Bonchev–Trinajstić information content (AvgIpc) is 2.87. The van der Waals surface area contributed by atoms with E-state index in [4.69, 9.17) is 0 Å². The molecule has 2 fully saturated rings. The summed E-state index contributed by atoms with van der Waals surface area (Å²) in [6.07, 6.45) is 5.11. The van der Waals surface area contributed by atoms with Crippen LogP contribution in [0.2, 0.25) is 0 Å². The van der Waals surface area contributed by atoms with Crippen LogP contribution in [0.25, 0.3) is 6.08 Å². The molecule has 0 radical (unpaired) electrons. The first-order valence-electron chi connectivity index (χ1n) is 7.92. The van der Waals surface area contributed by atoms with Crippen molar-refractivity contribution in [3.8, 4) is 0 Å². The second-order valence-electron chi connectivity index (χ2n) is 6.47. The Morgan fingerprint density at radius 3 is 2.85 bits per heavy atom. The molecular weight excluding hydrogens is 244 g/mol. The number of fused-ring (bicyclic) bond motifs is 1. The minimum atomic E-state index is 0.684. The zero-order valence-corrected chi connectivity index (χ0v) is 12.8. The topological polar surface area (TPSA) is 6.48 Å². The van der Waals surface area contributed by atoms with Crippen molar-refractivity contribution in [1.82, 2.24) is 9.80 Å². The summed E-state index contributed by atoms with van der Waals surface area (Å²) in [5.74, 6) is 0. The molecule has 2 nitrogen and oxygen atoms in total. The summed E-state index contributed by atoms with van der Waals surface area (Å²) in [7, 11) is 0. The Balaban J connectivity index is 1.63. The molecule has 20 heavy (non-hydrogen) atoms. The van der Waals surface area contributed by atoms with Gasteiger partial charge in [-0.1, -0.05) is 42.0 Å². The molecule has 2 aliphatic heterocycles. The van der Waals surface area contributed by atoms with Gasteiger partial charge in [-0.25, -0.2) is 0 Å². The molecule has 0 aliphatic carbocycles. The quantitative estimate of drug-likeness (QED) is 0.832. The lowest BCUT2D eigenvalue weighted by Gasteiger charge is -2.42. The molecule has 0 bridgehead atoms. The maximum absolute atomic E-state index is 2.69. The first-order chi connectivity index (χ1) is 9.72. The summed E-state index contributed by atoms with van der Waals surface area (Å²) >= 11 is 0. The van der Waals surface area contributed by atoms with Crippen LogP contribution in [0, 0.1) is 0 Å². The summed E-state index contributed by atoms with van der Waals surface area (Å²) in [5.41, 5.74) is 2.78. The largest absolute Gasteiger partial charge is 0.298 e. The van der Waals surface area contributed by atoms with Crippen LogP contribution in [-0.4, -0.2) is 48.1 Å². The molecule has 0 amide bonds. The number of piperazine rings is 1. The van der Waals surface area contributed by atoms with Gasteiger partial charge in [0, 0.05) is 31.7 Å². The van der Waals surface area contributed by atoms with Gasteiger partial charge >= 0.3 is 0 Å². The lowest BCUT2D eigenvalue weighted by Crippen LogP contribution is -2.55. The van der Waals surface area contributed by atoms with Crippen molar-refractivity contribution >= 4 is 6.08 Å². The SMILES string of the molecule is CC(=Cc1ccccc1)CN1CC2CCCN2C[C@H]1C. The summed E-state index contributed by atoms with van der Waals surface area (Å²) in [6.45, 7) is 9.58. The molecule has 0 N–H and O–H groups in total. The van der Waals surface area contributed by atoms with Crippen molar-refractivity contribution in [1.29, 1.82) is 0 Å². The summed E-state index contributed by atoms with van der Waals surface area (Å²) in [5, 5.41) is 0. The van der Waals surface area contributed by atoms with E-state index >= 15 is 0 Å². The van der Waals surface area contributed by atoms with Crippen molar-refractivity contribution in [3.63, 3.8) is 0 Å². The van der Waals surface area contributed by atoms with E-state index in [2.05, 4.69) is 60.1 Å². The molecule has 2 atom stereocenters. The Bertz CT molecular complexity index is 466. The first-order valence-corrected chi connectivity index (χ1v) is 7.92. The fourth-order valence-electron chi connectivity index (χ4n) is 3.67. The van der Waals surface area contributed by atoms with Crippen LogP contribution in [-0.2, 0) is 0 Å². The van der Waals surface area contributed by atoms with Crippen LogP contribution in [0.4, 0.5) is 0 Å². The predicted octanol–water partition coefficient (Wildman–Crippen LogP) is 3.26. The normalized spacial score (nSPS) is 28.6. The van der Waals surface area contributed by atoms with Crippen molar-refractivity contribution in [2.75, 3.05) is 26.2 Å². The zero-order chi connectivity index (χ0) is 13.9. The predicted molar refractivity (Wildman–Crippen MR) is 85.7 cm³/mol. The van der Waals surface area contributed by atoms with Gasteiger partial charge in [-0.3, -0.25) is 9.80 Å². The van der Waals surface area contributed by atoms with E-state index in [-0.39, 0.29) is 0 Å². The van der Waals surface area contributed by atoms with Crippen molar-refractivity contribution < 1.29 is 0 Å². The molecule has 1 aromatic carbocycles. The molecule has 2 aliphatic rings. The van der Waals surface area contributed by atoms with Crippen LogP contribution in [0.1, 0.15) is 32.3 Å². The smallest absolute Gasteiger partial charge is 0.0224 e. The van der Waals surface area contributed by atoms with E-state index in [1.807, 2.05) is 0 Å². The van der Waals surface area contributed by atoms with Crippen molar-refractivity contribution in [3.05, 3.63) is 41.5 Å². The fourth-order valence-corrected chi connectivity index (χ4v) is 3.67. The monoisotopic (exact) mass is 270 g/mol.